The maximum absolute atomic E-state index is 13.7. The number of nitrogens with zero attached hydrogens (tertiary/aromatic N) is 4. The largest absolute Gasteiger partial charge is 0.466 e. The Kier molecular flexibility index (Phi) is 5.04. The van der Waals surface area contributed by atoms with Crippen LogP contribution in [0.3, 0.4) is 0 Å². The second kappa shape index (κ2) is 7.69. The van der Waals surface area contributed by atoms with Gasteiger partial charge in [-0.25, -0.2) is 4.99 Å². The van der Waals surface area contributed by atoms with Crippen molar-refractivity contribution >= 4 is 23.4 Å². The minimum Gasteiger partial charge on any atom is -0.466 e. The highest BCUT2D eigenvalue weighted by Gasteiger charge is 2.55. The Balaban J connectivity index is 1.78. The lowest BCUT2D eigenvalue weighted by Gasteiger charge is -2.44. The number of benzene rings is 1. The van der Waals surface area contributed by atoms with Crippen LogP contribution < -0.4 is 19.6 Å². The van der Waals surface area contributed by atoms with Gasteiger partial charge >= 0.3 is 5.97 Å². The first-order chi connectivity index (χ1) is 15.8. The summed E-state index contributed by atoms with van der Waals surface area (Å²) in [5.41, 5.74) is 2.23. The van der Waals surface area contributed by atoms with Gasteiger partial charge in [0, 0.05) is 23.4 Å². The molecule has 4 heterocycles. The Morgan fingerprint density at radius 1 is 1.30 bits per heavy atom. The molecule has 5 rings (SSSR count). The number of para-hydroxylation sites is 1. The first kappa shape index (κ1) is 21.6. The monoisotopic (exact) mass is 466 g/mol. The van der Waals surface area contributed by atoms with Crippen molar-refractivity contribution < 1.29 is 14.3 Å². The van der Waals surface area contributed by atoms with E-state index in [2.05, 4.69) is 5.10 Å². The van der Waals surface area contributed by atoms with Crippen molar-refractivity contribution in [2.24, 2.45) is 10.9 Å². The van der Waals surface area contributed by atoms with Crippen molar-refractivity contribution in [3.05, 3.63) is 66.5 Å². The summed E-state index contributed by atoms with van der Waals surface area (Å²) in [5.74, 6) is -0.570. The molecule has 3 aromatic rings. The standard InChI is InChI=1S/C24H26N4O4S/c1-6-27-14(4)16(13(3)26-27)12-18-21(29)28-20-15-10-8-9-11-17(15)32-24(5,25-23(28)33-18)19(20)22(30)31-7-2/h8-12,19-20H,6-7H2,1-5H3/b18-12-. The van der Waals surface area contributed by atoms with Crippen LogP contribution in [0.1, 0.15) is 49.3 Å². The molecule has 0 saturated carbocycles. The fourth-order valence-corrected chi connectivity index (χ4v) is 5.98. The van der Waals surface area contributed by atoms with Crippen molar-refractivity contribution in [1.29, 1.82) is 0 Å². The molecule has 2 bridgehead atoms. The second-order valence-electron chi connectivity index (χ2n) is 8.45. The van der Waals surface area contributed by atoms with E-state index in [1.54, 1.807) is 18.4 Å². The number of thiazole rings is 1. The molecule has 2 aromatic heterocycles. The highest BCUT2D eigenvalue weighted by molar-refractivity contribution is 7.07. The number of hydrogen-bond donors (Lipinski definition) is 0. The molecule has 8 nitrogen and oxygen atoms in total. The molecule has 0 fully saturated rings. The Morgan fingerprint density at radius 3 is 2.76 bits per heavy atom. The lowest BCUT2D eigenvalue weighted by Crippen LogP contribution is -2.58. The van der Waals surface area contributed by atoms with Gasteiger partial charge in [0.15, 0.2) is 4.80 Å². The van der Waals surface area contributed by atoms with Gasteiger partial charge in [-0.15, -0.1) is 0 Å². The number of aromatic nitrogens is 3. The van der Waals surface area contributed by atoms with Gasteiger partial charge in [-0.05, 0) is 46.8 Å². The van der Waals surface area contributed by atoms with Crippen LogP contribution in [-0.2, 0) is 16.1 Å². The normalized spacial score (nSPS) is 23.4. The maximum Gasteiger partial charge on any atom is 0.317 e. The van der Waals surface area contributed by atoms with Gasteiger partial charge in [-0.3, -0.25) is 18.8 Å². The maximum atomic E-state index is 13.7. The van der Waals surface area contributed by atoms with Crippen molar-refractivity contribution in [3.63, 3.8) is 0 Å². The summed E-state index contributed by atoms with van der Waals surface area (Å²) >= 11 is 1.31. The van der Waals surface area contributed by atoms with Gasteiger partial charge in [0.1, 0.15) is 11.7 Å². The molecule has 0 amide bonds. The minimum atomic E-state index is -1.17. The molecule has 33 heavy (non-hydrogen) atoms. The highest BCUT2D eigenvalue weighted by atomic mass is 32.1. The van der Waals surface area contributed by atoms with Crippen LogP contribution in [0, 0.1) is 19.8 Å². The van der Waals surface area contributed by atoms with Crippen molar-refractivity contribution in [2.45, 2.75) is 52.9 Å². The van der Waals surface area contributed by atoms with Crippen LogP contribution >= 0.6 is 11.3 Å². The third kappa shape index (κ3) is 3.17. The quantitative estimate of drug-likeness (QED) is 0.550. The van der Waals surface area contributed by atoms with Gasteiger partial charge < -0.3 is 9.47 Å². The molecule has 2 aliphatic heterocycles. The molecular weight excluding hydrogens is 440 g/mol. The van der Waals surface area contributed by atoms with Gasteiger partial charge in [-0.1, -0.05) is 29.5 Å². The number of esters is 1. The molecule has 0 spiro atoms. The number of carbonyl (C=O) groups is 1. The number of rotatable bonds is 4. The number of carbonyl (C=O) groups excluding carboxylic acids is 1. The van der Waals surface area contributed by atoms with Crippen LogP contribution in [0.4, 0.5) is 0 Å². The van der Waals surface area contributed by atoms with Crippen LogP contribution in [0.15, 0.2) is 34.1 Å². The van der Waals surface area contributed by atoms with E-state index in [4.69, 9.17) is 14.5 Å². The topological polar surface area (TPSA) is 87.7 Å². The summed E-state index contributed by atoms with van der Waals surface area (Å²) in [6.07, 6.45) is 1.89. The van der Waals surface area contributed by atoms with Crippen LogP contribution in [0.2, 0.25) is 0 Å². The van der Waals surface area contributed by atoms with E-state index in [1.165, 1.54) is 11.3 Å². The van der Waals surface area contributed by atoms with E-state index < -0.39 is 23.7 Å². The smallest absolute Gasteiger partial charge is 0.317 e. The Labute approximate surface area is 194 Å². The second-order valence-corrected chi connectivity index (χ2v) is 9.46. The van der Waals surface area contributed by atoms with Crippen LogP contribution in [0.25, 0.3) is 6.08 Å². The molecule has 1 aromatic carbocycles. The molecule has 3 unspecified atom stereocenters. The van der Waals surface area contributed by atoms with Crippen molar-refractivity contribution in [3.8, 4) is 5.75 Å². The van der Waals surface area contributed by atoms with Gasteiger partial charge in [0.05, 0.1) is 22.9 Å². The molecule has 0 aliphatic carbocycles. The third-order valence-electron chi connectivity index (χ3n) is 6.43. The average Bonchev–Trinajstić information content (AvgIpc) is 3.22. The molecule has 172 valence electrons. The first-order valence-corrected chi connectivity index (χ1v) is 11.9. The SMILES string of the molecule is CCOC(=O)C1C2c3ccccc3OC1(C)N=c1s/c(=C\c3c(C)nn(CC)c3C)c(=O)n12. The third-order valence-corrected chi connectivity index (χ3v) is 7.42. The predicted octanol–water partition coefficient (Wildman–Crippen LogP) is 2.08. The number of hydrogen-bond acceptors (Lipinski definition) is 7. The zero-order chi connectivity index (χ0) is 23.5. The molecule has 2 aliphatic rings. The Morgan fingerprint density at radius 2 is 2.06 bits per heavy atom. The molecule has 3 atom stereocenters. The van der Waals surface area contributed by atoms with E-state index in [0.717, 1.165) is 29.1 Å². The summed E-state index contributed by atoms with van der Waals surface area (Å²) in [6, 6.07) is 6.94. The molecule has 9 heteroatoms. The number of fused-ring (bicyclic) bond motifs is 6. The molecular formula is C24H26N4O4S. The van der Waals surface area contributed by atoms with Gasteiger partial charge in [0.25, 0.3) is 5.56 Å². The fourth-order valence-electron chi connectivity index (χ4n) is 4.90. The van der Waals surface area contributed by atoms with E-state index in [9.17, 15) is 9.59 Å². The molecule has 0 saturated heterocycles. The summed E-state index contributed by atoms with van der Waals surface area (Å²) in [5, 5.41) is 4.56. The van der Waals surface area contributed by atoms with E-state index >= 15 is 0 Å². The average molecular weight is 467 g/mol. The number of aryl methyl sites for hydroxylation is 2. The van der Waals surface area contributed by atoms with Gasteiger partial charge in [-0.2, -0.15) is 5.10 Å². The van der Waals surface area contributed by atoms with Crippen molar-refractivity contribution in [2.75, 3.05) is 6.61 Å². The fraction of sp³-hybridized carbons (Fsp3) is 0.417. The summed E-state index contributed by atoms with van der Waals surface area (Å²) < 4.78 is 15.7. The van der Waals surface area contributed by atoms with Crippen molar-refractivity contribution in [1.82, 2.24) is 14.3 Å². The van der Waals surface area contributed by atoms with Gasteiger partial charge in [0.2, 0.25) is 5.72 Å². The predicted molar refractivity (Wildman–Crippen MR) is 124 cm³/mol. The summed E-state index contributed by atoms with van der Waals surface area (Å²) in [7, 11) is 0. The van der Waals surface area contributed by atoms with Crippen LogP contribution in [0.5, 0.6) is 5.75 Å². The Hall–Kier alpha value is -3.20. The lowest BCUT2D eigenvalue weighted by molar-refractivity contribution is -0.160. The zero-order valence-electron chi connectivity index (χ0n) is 19.3. The number of ether oxygens (including phenoxy) is 2. The highest BCUT2D eigenvalue weighted by Crippen LogP contribution is 2.47. The molecule has 0 radical (unpaired) electrons. The van der Waals surface area contributed by atoms with E-state index in [0.29, 0.717) is 15.1 Å². The summed E-state index contributed by atoms with van der Waals surface area (Å²) in [4.78, 5) is 32.1. The van der Waals surface area contributed by atoms with Crippen LogP contribution in [-0.4, -0.2) is 32.6 Å². The lowest BCUT2D eigenvalue weighted by atomic mass is 9.81. The Bertz CT molecular complexity index is 1450. The first-order valence-electron chi connectivity index (χ1n) is 11.1. The molecule has 0 N–H and O–H groups in total. The van der Waals surface area contributed by atoms with E-state index in [-0.39, 0.29) is 12.2 Å². The summed E-state index contributed by atoms with van der Waals surface area (Å²) in [6.45, 7) is 10.5. The minimum absolute atomic E-state index is 0.181. The zero-order valence-corrected chi connectivity index (χ0v) is 20.1. The van der Waals surface area contributed by atoms with E-state index in [1.807, 2.05) is 55.8 Å².